The number of aliphatic hydroxyl groups is 3. The van der Waals surface area contributed by atoms with Crippen molar-refractivity contribution >= 4 is 18.2 Å². The summed E-state index contributed by atoms with van der Waals surface area (Å²) in [5, 5.41) is 34.3. The van der Waals surface area contributed by atoms with Gasteiger partial charge < -0.3 is 62.9 Å². The molecule has 3 aliphatic rings. The summed E-state index contributed by atoms with van der Waals surface area (Å²) in [6.45, 7) is 10.3. The first-order valence-corrected chi connectivity index (χ1v) is 19.1. The van der Waals surface area contributed by atoms with Gasteiger partial charge in [-0.2, -0.15) is 0 Å². The zero-order chi connectivity index (χ0) is 40.3. The molecule has 0 saturated carbocycles. The van der Waals surface area contributed by atoms with Gasteiger partial charge in [-0.05, 0) is 60.0 Å². The number of carbonyl (C=O) groups is 3. The predicted octanol–water partition coefficient (Wildman–Crippen LogP) is 2.46. The molecular weight excluding hydrogens is 706 g/mol. The Bertz CT molecular complexity index is 1240. The van der Waals surface area contributed by atoms with Crippen molar-refractivity contribution in [1.29, 1.82) is 0 Å². The van der Waals surface area contributed by atoms with Crippen molar-refractivity contribution in [2.45, 2.75) is 165 Å². The Morgan fingerprint density at radius 2 is 1.72 bits per heavy atom. The number of carbonyl (C=O) groups excluding carboxylic acids is 3. The van der Waals surface area contributed by atoms with E-state index in [1.54, 1.807) is 71.8 Å². The Kier molecular flexibility index (Phi) is 18.2. The Morgan fingerprint density at radius 3 is 2.31 bits per heavy atom. The number of likely N-dealkylation sites (N-methyl/N-ethyl adjacent to an activating group) is 1. The third-order valence-corrected chi connectivity index (χ3v) is 10.6. The number of aliphatic hydroxyl groups excluding tert-OH is 2. The molecule has 3 N–H and O–H groups in total. The van der Waals surface area contributed by atoms with Crippen LogP contribution in [0.25, 0.3) is 0 Å². The Hall–Kier alpha value is -2.31. The van der Waals surface area contributed by atoms with Crippen molar-refractivity contribution in [1.82, 2.24) is 4.90 Å². The van der Waals surface area contributed by atoms with Gasteiger partial charge in [0.05, 0.1) is 43.0 Å². The third-order valence-electron chi connectivity index (χ3n) is 10.6. The van der Waals surface area contributed by atoms with Crippen molar-refractivity contribution in [2.75, 3.05) is 28.3 Å². The number of rotatable bonds is 11. The lowest BCUT2D eigenvalue weighted by Crippen LogP contribution is -2.66. The number of cyclic esters (lactones) is 1. The summed E-state index contributed by atoms with van der Waals surface area (Å²) < 4.78 is 48.5. The molecule has 0 unspecified atom stereocenters. The van der Waals surface area contributed by atoms with Crippen LogP contribution in [0.15, 0.2) is 24.3 Å². The van der Waals surface area contributed by atoms with Crippen LogP contribution in [0.4, 0.5) is 0 Å². The molecule has 0 aromatic rings. The van der Waals surface area contributed by atoms with Gasteiger partial charge in [0, 0.05) is 39.9 Å². The van der Waals surface area contributed by atoms with E-state index in [0.29, 0.717) is 12.8 Å². The molecule has 0 radical (unpaired) electrons. The number of hydrogen-bond acceptors (Lipinski definition) is 15. The molecule has 3 rings (SSSR count). The number of aldehydes is 1. The second-order valence-corrected chi connectivity index (χ2v) is 15.3. The molecule has 54 heavy (non-hydrogen) atoms. The first kappa shape index (κ1) is 46.1. The van der Waals surface area contributed by atoms with Crippen LogP contribution >= 0.6 is 0 Å². The van der Waals surface area contributed by atoms with Crippen molar-refractivity contribution < 1.29 is 67.6 Å². The molecule has 0 aromatic carbocycles. The highest BCUT2D eigenvalue weighted by Crippen LogP contribution is 2.37. The molecule has 0 amide bonds. The van der Waals surface area contributed by atoms with Crippen LogP contribution in [-0.2, 0) is 52.3 Å². The molecule has 2 saturated heterocycles. The Morgan fingerprint density at radius 1 is 1.02 bits per heavy atom. The lowest BCUT2D eigenvalue weighted by Gasteiger charge is -2.50. The molecule has 15 nitrogen and oxygen atoms in total. The largest absolute Gasteiger partial charge is 0.462 e. The number of ether oxygens (including phenoxy) is 8. The van der Waals surface area contributed by atoms with Crippen molar-refractivity contribution in [2.24, 2.45) is 11.8 Å². The van der Waals surface area contributed by atoms with Gasteiger partial charge in [-0.25, -0.2) is 0 Å². The van der Waals surface area contributed by atoms with E-state index in [-0.39, 0.29) is 31.6 Å². The van der Waals surface area contributed by atoms with Crippen molar-refractivity contribution in [3.8, 4) is 0 Å². The summed E-state index contributed by atoms with van der Waals surface area (Å²) >= 11 is 0. The fourth-order valence-electron chi connectivity index (χ4n) is 7.68. The van der Waals surface area contributed by atoms with Crippen LogP contribution in [0.1, 0.15) is 80.1 Å². The van der Waals surface area contributed by atoms with Gasteiger partial charge in [-0.1, -0.05) is 38.2 Å². The molecule has 15 heteroatoms. The summed E-state index contributed by atoms with van der Waals surface area (Å²) in [6.07, 6.45) is -2.14. The lowest BCUT2D eigenvalue weighted by molar-refractivity contribution is -0.344. The third kappa shape index (κ3) is 12.3. The number of esters is 2. The highest BCUT2D eigenvalue weighted by molar-refractivity contribution is 5.70. The van der Waals surface area contributed by atoms with E-state index in [0.717, 1.165) is 6.29 Å². The Balaban J connectivity index is 1.95. The normalized spacial score (nSPS) is 42.9. The van der Waals surface area contributed by atoms with Crippen LogP contribution in [0.2, 0.25) is 0 Å². The molecule has 0 bridgehead atoms. The van der Waals surface area contributed by atoms with Gasteiger partial charge >= 0.3 is 11.9 Å². The second kappa shape index (κ2) is 21.3. The molecule has 0 spiro atoms. The quantitative estimate of drug-likeness (QED) is 0.205. The SMILES string of the molecule is CCC(=O)O[C@H]1[C@H](C)O[C@@H](O[C@H]2[C@H](N(C)C)[C@@H](O)[C@H](O[C@H]3[C@@H](CC=O)C[C@@H](C)[C@@H](O)/C=C/C=C/C[C@@H](C)OC(=O)C[C@@H](OC)[C@@H]3OC)O[C@@H]2C)C[C@@]1(C)O. The van der Waals surface area contributed by atoms with Gasteiger partial charge in [-0.15, -0.1) is 0 Å². The molecule has 16 atom stereocenters. The van der Waals surface area contributed by atoms with Crippen LogP contribution in [0.3, 0.4) is 0 Å². The lowest BCUT2D eigenvalue weighted by atomic mass is 9.82. The van der Waals surface area contributed by atoms with Crippen LogP contribution in [0, 0.1) is 11.8 Å². The summed E-state index contributed by atoms with van der Waals surface area (Å²) in [7, 11) is 6.44. The molecule has 0 aromatic heterocycles. The molecule has 3 aliphatic heterocycles. The number of hydrogen-bond donors (Lipinski definition) is 3. The van der Waals surface area contributed by atoms with E-state index in [9.17, 15) is 29.7 Å². The predicted molar refractivity (Wildman–Crippen MR) is 196 cm³/mol. The van der Waals surface area contributed by atoms with Crippen LogP contribution in [0.5, 0.6) is 0 Å². The first-order chi connectivity index (χ1) is 25.5. The zero-order valence-corrected chi connectivity index (χ0v) is 33.6. The molecule has 0 aliphatic carbocycles. The van der Waals surface area contributed by atoms with E-state index < -0.39 is 103 Å². The van der Waals surface area contributed by atoms with Gasteiger partial charge in [0.2, 0.25) is 0 Å². The zero-order valence-electron chi connectivity index (χ0n) is 33.6. The summed E-state index contributed by atoms with van der Waals surface area (Å²) in [5.41, 5.74) is -1.46. The highest BCUT2D eigenvalue weighted by Gasteiger charge is 2.52. The van der Waals surface area contributed by atoms with E-state index in [1.807, 2.05) is 13.0 Å². The Labute approximate surface area is 320 Å². The van der Waals surface area contributed by atoms with E-state index in [2.05, 4.69) is 0 Å². The van der Waals surface area contributed by atoms with Crippen LogP contribution < -0.4 is 0 Å². The van der Waals surface area contributed by atoms with Gasteiger partial charge in [-0.3, -0.25) is 9.59 Å². The van der Waals surface area contributed by atoms with Gasteiger partial charge in [0.15, 0.2) is 18.7 Å². The smallest absolute Gasteiger partial charge is 0.308 e. The summed E-state index contributed by atoms with van der Waals surface area (Å²) in [5.74, 6) is -1.87. The number of methoxy groups -OCH3 is 2. The standard InChI is InChI=1S/C39H65NO14/c1-11-29(43)52-37-25(5)50-31(21-39(37,6)46)53-34-24(4)51-38(33(45)32(34)40(7)8)54-35-26(17-18-41)19-22(2)27(42)16-14-12-13-15-23(3)49-30(44)20-28(47-9)36(35)48-10/h12-14,16,18,22-28,31-38,42,45-46H,11,15,17,19-21H2,1-10H3/b13-12+,16-14+/t22-,23-,24-,25+,26+,27+,28-,31+,32-,33-,34-,35+,36+,37+,38+,39-/m1/s1. The van der Waals surface area contributed by atoms with Crippen molar-refractivity contribution in [3.63, 3.8) is 0 Å². The minimum Gasteiger partial charge on any atom is -0.462 e. The second-order valence-electron chi connectivity index (χ2n) is 15.3. The van der Waals surface area contributed by atoms with Crippen LogP contribution in [-0.4, -0.2) is 152 Å². The monoisotopic (exact) mass is 771 g/mol. The average Bonchev–Trinajstić information content (AvgIpc) is 3.09. The molecule has 2 fully saturated rings. The molecule has 310 valence electrons. The minimum atomic E-state index is -1.46. The number of nitrogens with zero attached hydrogens (tertiary/aromatic N) is 1. The maximum atomic E-state index is 13.1. The maximum absolute atomic E-state index is 13.1. The molecular formula is C39H65NO14. The maximum Gasteiger partial charge on any atom is 0.308 e. The fourth-order valence-corrected chi connectivity index (χ4v) is 7.68. The van der Waals surface area contributed by atoms with Crippen molar-refractivity contribution in [3.05, 3.63) is 24.3 Å². The fraction of sp³-hybridized carbons (Fsp3) is 0.821. The number of allylic oxidation sites excluding steroid dienone is 2. The van der Waals surface area contributed by atoms with E-state index >= 15 is 0 Å². The first-order valence-electron chi connectivity index (χ1n) is 19.1. The summed E-state index contributed by atoms with van der Waals surface area (Å²) in [6, 6.07) is -0.719. The van der Waals surface area contributed by atoms with E-state index in [4.69, 9.17) is 37.9 Å². The topological polar surface area (TPSA) is 189 Å². The minimum absolute atomic E-state index is 0.00995. The summed E-state index contributed by atoms with van der Waals surface area (Å²) in [4.78, 5) is 39.2. The highest BCUT2D eigenvalue weighted by atomic mass is 16.7. The van der Waals surface area contributed by atoms with E-state index in [1.165, 1.54) is 14.2 Å². The molecule has 3 heterocycles. The average molecular weight is 772 g/mol. The van der Waals surface area contributed by atoms with Gasteiger partial charge in [0.1, 0.15) is 36.3 Å². The van der Waals surface area contributed by atoms with Gasteiger partial charge in [0.25, 0.3) is 0 Å².